The van der Waals surface area contributed by atoms with Crippen LogP contribution in [0.3, 0.4) is 0 Å². The minimum atomic E-state index is 0.0723. The number of nitrogens with zero attached hydrogens (tertiary/aromatic N) is 1. The van der Waals surface area contributed by atoms with Crippen LogP contribution in [0.15, 0.2) is 12.1 Å². The van der Waals surface area contributed by atoms with E-state index in [0.717, 1.165) is 4.34 Å². The highest BCUT2D eigenvalue weighted by Crippen LogP contribution is 2.42. The third kappa shape index (κ3) is 2.74. The third-order valence-electron chi connectivity index (χ3n) is 4.34. The van der Waals surface area contributed by atoms with E-state index in [0.29, 0.717) is 0 Å². The van der Waals surface area contributed by atoms with Gasteiger partial charge < -0.3 is 10.6 Å². The van der Waals surface area contributed by atoms with Crippen molar-refractivity contribution in [2.24, 2.45) is 5.73 Å². The Labute approximate surface area is 119 Å². The molecule has 0 bridgehead atoms. The topological polar surface area (TPSA) is 29.3 Å². The minimum absolute atomic E-state index is 0.0723. The van der Waals surface area contributed by atoms with Crippen LogP contribution in [0.4, 0.5) is 0 Å². The lowest BCUT2D eigenvalue weighted by molar-refractivity contribution is 0.0982. The largest absolute Gasteiger partial charge is 0.322 e. The normalized spacial score (nSPS) is 21.8. The Morgan fingerprint density at radius 3 is 2.28 bits per heavy atom. The van der Waals surface area contributed by atoms with Gasteiger partial charge in [0.2, 0.25) is 0 Å². The molecule has 1 fully saturated rings. The van der Waals surface area contributed by atoms with Crippen LogP contribution >= 0.6 is 22.9 Å². The van der Waals surface area contributed by atoms with Crippen molar-refractivity contribution in [1.82, 2.24) is 4.90 Å². The first-order chi connectivity index (χ1) is 8.56. The number of hydrogen-bond acceptors (Lipinski definition) is 3. The van der Waals surface area contributed by atoms with Crippen LogP contribution in [0.25, 0.3) is 0 Å². The molecule has 0 amide bonds. The van der Waals surface area contributed by atoms with Crippen molar-refractivity contribution < 1.29 is 0 Å². The molecular weight excluding hydrogens is 264 g/mol. The summed E-state index contributed by atoms with van der Waals surface area (Å²) in [7, 11) is 4.33. The van der Waals surface area contributed by atoms with Crippen LogP contribution in [0.1, 0.15) is 49.4 Å². The molecule has 1 atom stereocenters. The fourth-order valence-corrected chi connectivity index (χ4v) is 4.31. The molecule has 0 spiro atoms. The van der Waals surface area contributed by atoms with Crippen LogP contribution < -0.4 is 5.73 Å². The second kappa shape index (κ2) is 5.91. The smallest absolute Gasteiger partial charge is 0.0931 e. The molecule has 0 saturated heterocycles. The van der Waals surface area contributed by atoms with Gasteiger partial charge in [-0.3, -0.25) is 0 Å². The number of thiophene rings is 1. The quantitative estimate of drug-likeness (QED) is 0.849. The van der Waals surface area contributed by atoms with Gasteiger partial charge in [-0.15, -0.1) is 11.3 Å². The van der Waals surface area contributed by atoms with Gasteiger partial charge in [0.1, 0.15) is 0 Å². The molecule has 0 aliphatic heterocycles. The predicted octanol–water partition coefficient (Wildman–Crippen LogP) is 4.06. The van der Waals surface area contributed by atoms with E-state index in [4.69, 9.17) is 17.3 Å². The van der Waals surface area contributed by atoms with Gasteiger partial charge in [-0.05, 0) is 39.1 Å². The van der Waals surface area contributed by atoms with Gasteiger partial charge in [-0.25, -0.2) is 0 Å². The van der Waals surface area contributed by atoms with Crippen LogP contribution in [0.5, 0.6) is 0 Å². The van der Waals surface area contributed by atoms with E-state index in [2.05, 4.69) is 25.1 Å². The van der Waals surface area contributed by atoms with E-state index in [1.807, 2.05) is 6.07 Å². The summed E-state index contributed by atoms with van der Waals surface area (Å²) in [5.41, 5.74) is 6.70. The number of nitrogens with two attached hydrogens (primary N) is 1. The van der Waals surface area contributed by atoms with E-state index in [9.17, 15) is 0 Å². The Morgan fingerprint density at radius 2 is 1.83 bits per heavy atom. The average molecular weight is 287 g/mol. The summed E-state index contributed by atoms with van der Waals surface area (Å²) < 4.78 is 0.836. The van der Waals surface area contributed by atoms with Crippen LogP contribution in [-0.2, 0) is 0 Å². The maximum atomic E-state index is 6.60. The molecule has 2 rings (SSSR count). The zero-order chi connectivity index (χ0) is 13.2. The van der Waals surface area contributed by atoms with Crippen LogP contribution in [0, 0.1) is 0 Å². The zero-order valence-electron chi connectivity index (χ0n) is 11.3. The van der Waals surface area contributed by atoms with Crippen molar-refractivity contribution in [3.63, 3.8) is 0 Å². The van der Waals surface area contributed by atoms with Crippen molar-refractivity contribution in [2.75, 3.05) is 14.1 Å². The Kier molecular flexibility index (Phi) is 4.70. The Morgan fingerprint density at radius 1 is 1.22 bits per heavy atom. The first-order valence-electron chi connectivity index (χ1n) is 6.74. The van der Waals surface area contributed by atoms with Gasteiger partial charge in [0, 0.05) is 10.4 Å². The lowest BCUT2D eigenvalue weighted by Crippen LogP contribution is -2.51. The van der Waals surface area contributed by atoms with Gasteiger partial charge in [0.25, 0.3) is 0 Å². The third-order valence-corrected chi connectivity index (χ3v) is 5.65. The second-order valence-electron chi connectivity index (χ2n) is 5.53. The lowest BCUT2D eigenvalue weighted by Gasteiger charge is -2.44. The number of halogens is 1. The van der Waals surface area contributed by atoms with Crippen LogP contribution in [0.2, 0.25) is 4.34 Å². The summed E-state index contributed by atoms with van der Waals surface area (Å²) in [6.45, 7) is 0. The predicted molar refractivity (Wildman–Crippen MR) is 80.4 cm³/mol. The molecule has 102 valence electrons. The molecule has 1 saturated carbocycles. The second-order valence-corrected chi connectivity index (χ2v) is 7.28. The average Bonchev–Trinajstić information content (AvgIpc) is 2.63. The molecular formula is C14H23ClN2S. The molecule has 2 nitrogen and oxygen atoms in total. The van der Waals surface area contributed by atoms with Gasteiger partial charge in [-0.2, -0.15) is 0 Å². The SMILES string of the molecule is CN(C)C1(C(N)c2ccc(Cl)s2)CCCCCC1. The summed E-state index contributed by atoms with van der Waals surface area (Å²) in [5, 5.41) is 0. The minimum Gasteiger partial charge on any atom is -0.322 e. The van der Waals surface area contributed by atoms with Crippen LogP contribution in [-0.4, -0.2) is 24.5 Å². The van der Waals surface area contributed by atoms with E-state index < -0.39 is 0 Å². The van der Waals surface area contributed by atoms with Crippen molar-refractivity contribution in [2.45, 2.75) is 50.1 Å². The van der Waals surface area contributed by atoms with Crippen molar-refractivity contribution in [1.29, 1.82) is 0 Å². The first kappa shape index (κ1) is 14.3. The van der Waals surface area contributed by atoms with Gasteiger partial charge in [0.05, 0.1) is 10.4 Å². The maximum absolute atomic E-state index is 6.60. The van der Waals surface area contributed by atoms with Gasteiger partial charge in [0.15, 0.2) is 0 Å². The zero-order valence-corrected chi connectivity index (χ0v) is 12.9. The maximum Gasteiger partial charge on any atom is 0.0931 e. The fourth-order valence-electron chi connectivity index (χ4n) is 3.14. The Bertz CT molecular complexity index is 381. The monoisotopic (exact) mass is 286 g/mol. The molecule has 1 aromatic heterocycles. The summed E-state index contributed by atoms with van der Waals surface area (Å²) in [4.78, 5) is 3.56. The number of hydrogen-bond donors (Lipinski definition) is 1. The standard InChI is InChI=1S/C14H23ClN2S/c1-17(2)14(9-5-3-4-6-10-14)13(16)11-7-8-12(15)18-11/h7-8,13H,3-6,9-10,16H2,1-2H3. The van der Waals surface area contributed by atoms with Gasteiger partial charge >= 0.3 is 0 Å². The molecule has 1 aliphatic carbocycles. The molecule has 1 heterocycles. The first-order valence-corrected chi connectivity index (χ1v) is 7.94. The molecule has 0 radical (unpaired) electrons. The molecule has 1 unspecified atom stereocenters. The molecule has 2 N–H and O–H groups in total. The highest BCUT2D eigenvalue weighted by atomic mass is 35.5. The van der Waals surface area contributed by atoms with E-state index in [-0.39, 0.29) is 11.6 Å². The summed E-state index contributed by atoms with van der Waals surface area (Å²) >= 11 is 7.68. The van der Waals surface area contributed by atoms with E-state index >= 15 is 0 Å². The summed E-state index contributed by atoms with van der Waals surface area (Å²) in [6.07, 6.45) is 7.63. The highest BCUT2D eigenvalue weighted by molar-refractivity contribution is 7.16. The molecule has 0 aromatic carbocycles. The van der Waals surface area contributed by atoms with Gasteiger partial charge in [-0.1, -0.05) is 37.3 Å². The summed E-state index contributed by atoms with van der Waals surface area (Å²) in [6, 6.07) is 4.12. The molecule has 18 heavy (non-hydrogen) atoms. The molecule has 1 aliphatic rings. The number of rotatable bonds is 3. The fraction of sp³-hybridized carbons (Fsp3) is 0.714. The Balaban J connectivity index is 2.28. The molecule has 1 aromatic rings. The molecule has 4 heteroatoms. The highest BCUT2D eigenvalue weighted by Gasteiger charge is 2.40. The number of likely N-dealkylation sites (N-methyl/N-ethyl adjacent to an activating group) is 1. The summed E-state index contributed by atoms with van der Waals surface area (Å²) in [5.74, 6) is 0. The van der Waals surface area contributed by atoms with Crippen molar-refractivity contribution in [3.05, 3.63) is 21.3 Å². The van der Waals surface area contributed by atoms with Crippen molar-refractivity contribution in [3.8, 4) is 0 Å². The lowest BCUT2D eigenvalue weighted by atomic mass is 9.81. The van der Waals surface area contributed by atoms with E-state index in [1.54, 1.807) is 11.3 Å². The Hall–Kier alpha value is -0.0900. The van der Waals surface area contributed by atoms with Crippen molar-refractivity contribution >= 4 is 22.9 Å². The van der Waals surface area contributed by atoms with E-state index in [1.165, 1.54) is 43.4 Å².